The maximum absolute atomic E-state index is 12.1. The summed E-state index contributed by atoms with van der Waals surface area (Å²) in [5.74, 6) is -0.195. The lowest BCUT2D eigenvalue weighted by molar-refractivity contribution is 0.0916. The molecule has 1 atom stereocenters. The molecule has 0 aliphatic rings. The molecule has 1 heterocycles. The molecule has 1 amide bonds. The Morgan fingerprint density at radius 3 is 2.26 bits per heavy atom. The van der Waals surface area contributed by atoms with Crippen molar-refractivity contribution in [3.63, 3.8) is 0 Å². The summed E-state index contributed by atoms with van der Waals surface area (Å²) in [5, 5.41) is 12.8. The summed E-state index contributed by atoms with van der Waals surface area (Å²) >= 11 is 0. The van der Waals surface area contributed by atoms with Crippen molar-refractivity contribution in [2.24, 2.45) is 0 Å². The van der Waals surface area contributed by atoms with Crippen LogP contribution in [0.3, 0.4) is 0 Å². The number of rotatable bonds is 5. The van der Waals surface area contributed by atoms with E-state index in [0.717, 1.165) is 11.3 Å². The molecule has 0 unspecified atom stereocenters. The SMILES string of the molecule is O=C(NC[C@@H](O)c1ccccc1)c1ccc(-n2cccc2)cc1. The van der Waals surface area contributed by atoms with Crippen LogP contribution in [0.4, 0.5) is 0 Å². The minimum atomic E-state index is -0.709. The summed E-state index contributed by atoms with van der Waals surface area (Å²) < 4.78 is 1.97. The van der Waals surface area contributed by atoms with Crippen molar-refractivity contribution in [2.45, 2.75) is 6.10 Å². The van der Waals surface area contributed by atoms with E-state index in [0.29, 0.717) is 5.56 Å². The Bertz CT molecular complexity index is 750. The van der Waals surface area contributed by atoms with Gasteiger partial charge in [-0.15, -0.1) is 0 Å². The average Bonchev–Trinajstić information content (AvgIpc) is 3.15. The van der Waals surface area contributed by atoms with Gasteiger partial charge in [0.1, 0.15) is 0 Å². The number of hydrogen-bond acceptors (Lipinski definition) is 2. The molecule has 116 valence electrons. The zero-order valence-corrected chi connectivity index (χ0v) is 12.6. The topological polar surface area (TPSA) is 54.3 Å². The number of nitrogens with zero attached hydrogens (tertiary/aromatic N) is 1. The van der Waals surface area contributed by atoms with Crippen LogP contribution in [0.1, 0.15) is 22.0 Å². The van der Waals surface area contributed by atoms with E-state index in [1.165, 1.54) is 0 Å². The van der Waals surface area contributed by atoms with Gasteiger partial charge in [0.25, 0.3) is 5.91 Å². The minimum absolute atomic E-state index is 0.183. The van der Waals surface area contributed by atoms with Crippen molar-refractivity contribution < 1.29 is 9.90 Å². The summed E-state index contributed by atoms with van der Waals surface area (Å²) in [6.07, 6.45) is 3.19. The Hall–Kier alpha value is -2.85. The first-order valence-corrected chi connectivity index (χ1v) is 7.48. The zero-order valence-electron chi connectivity index (χ0n) is 12.6. The largest absolute Gasteiger partial charge is 0.387 e. The van der Waals surface area contributed by atoms with Crippen molar-refractivity contribution in [1.29, 1.82) is 0 Å². The van der Waals surface area contributed by atoms with Crippen LogP contribution in [-0.4, -0.2) is 22.1 Å². The molecule has 3 aromatic rings. The summed E-state index contributed by atoms with van der Waals surface area (Å²) in [4.78, 5) is 12.1. The number of amides is 1. The van der Waals surface area contributed by atoms with Crippen LogP contribution >= 0.6 is 0 Å². The molecule has 4 nitrogen and oxygen atoms in total. The van der Waals surface area contributed by atoms with Crippen molar-refractivity contribution >= 4 is 5.91 Å². The highest BCUT2D eigenvalue weighted by atomic mass is 16.3. The second kappa shape index (κ2) is 6.94. The van der Waals surface area contributed by atoms with Gasteiger partial charge in [0.05, 0.1) is 6.10 Å². The van der Waals surface area contributed by atoms with Gasteiger partial charge >= 0.3 is 0 Å². The molecule has 2 aromatic carbocycles. The third kappa shape index (κ3) is 3.67. The van der Waals surface area contributed by atoms with Gasteiger partial charge in [-0.25, -0.2) is 0 Å². The van der Waals surface area contributed by atoms with Gasteiger partial charge in [0.15, 0.2) is 0 Å². The number of aliphatic hydroxyl groups is 1. The summed E-state index contributed by atoms with van der Waals surface area (Å²) in [6.45, 7) is 0.183. The lowest BCUT2D eigenvalue weighted by Crippen LogP contribution is -2.28. The molecule has 0 radical (unpaired) electrons. The molecule has 0 fully saturated rings. The van der Waals surface area contributed by atoms with Gasteiger partial charge in [-0.3, -0.25) is 4.79 Å². The predicted molar refractivity (Wildman–Crippen MR) is 89.5 cm³/mol. The number of benzene rings is 2. The fourth-order valence-electron chi connectivity index (χ4n) is 2.38. The van der Waals surface area contributed by atoms with Gasteiger partial charge in [0.2, 0.25) is 0 Å². The van der Waals surface area contributed by atoms with E-state index in [2.05, 4.69) is 5.32 Å². The molecule has 0 saturated heterocycles. The molecule has 0 aliphatic heterocycles. The number of nitrogens with one attached hydrogen (secondary N) is 1. The van der Waals surface area contributed by atoms with Crippen LogP contribution < -0.4 is 5.32 Å². The van der Waals surface area contributed by atoms with Crippen molar-refractivity contribution in [3.05, 3.63) is 90.3 Å². The summed E-state index contributed by atoms with van der Waals surface area (Å²) in [5.41, 5.74) is 2.35. The van der Waals surface area contributed by atoms with Crippen molar-refractivity contribution in [3.8, 4) is 5.69 Å². The standard InChI is InChI=1S/C19H18N2O2/c22-18(15-6-2-1-3-7-15)14-20-19(23)16-8-10-17(11-9-16)21-12-4-5-13-21/h1-13,18,22H,14H2,(H,20,23)/t18-/m1/s1. The second-order valence-electron chi connectivity index (χ2n) is 5.27. The van der Waals surface area contributed by atoms with Crippen LogP contribution in [0.5, 0.6) is 0 Å². The normalized spacial score (nSPS) is 11.9. The van der Waals surface area contributed by atoms with Crippen LogP contribution in [-0.2, 0) is 0 Å². The van der Waals surface area contributed by atoms with Gasteiger partial charge in [-0.2, -0.15) is 0 Å². The van der Waals surface area contributed by atoms with Crippen LogP contribution in [0.15, 0.2) is 79.1 Å². The van der Waals surface area contributed by atoms with Gasteiger partial charge in [-0.1, -0.05) is 30.3 Å². The minimum Gasteiger partial charge on any atom is -0.387 e. The first-order chi connectivity index (χ1) is 11.2. The van der Waals surface area contributed by atoms with Gasteiger partial charge in [0, 0.05) is 30.2 Å². The highest BCUT2D eigenvalue weighted by Crippen LogP contribution is 2.12. The molecular weight excluding hydrogens is 288 g/mol. The van der Waals surface area contributed by atoms with E-state index in [1.807, 2.05) is 71.6 Å². The van der Waals surface area contributed by atoms with E-state index in [4.69, 9.17) is 0 Å². The number of hydrogen-bond donors (Lipinski definition) is 2. The highest BCUT2D eigenvalue weighted by Gasteiger charge is 2.10. The van der Waals surface area contributed by atoms with E-state index in [-0.39, 0.29) is 12.5 Å². The fraction of sp³-hybridized carbons (Fsp3) is 0.105. The lowest BCUT2D eigenvalue weighted by atomic mass is 10.1. The maximum Gasteiger partial charge on any atom is 0.251 e. The molecule has 4 heteroatoms. The molecule has 2 N–H and O–H groups in total. The Morgan fingerprint density at radius 2 is 1.61 bits per heavy atom. The maximum atomic E-state index is 12.1. The van der Waals surface area contributed by atoms with E-state index < -0.39 is 6.10 Å². The Morgan fingerprint density at radius 1 is 0.957 bits per heavy atom. The molecule has 0 spiro atoms. The van der Waals surface area contributed by atoms with Gasteiger partial charge < -0.3 is 15.0 Å². The third-order valence-corrected chi connectivity index (χ3v) is 3.67. The van der Waals surface area contributed by atoms with E-state index in [9.17, 15) is 9.90 Å². The monoisotopic (exact) mass is 306 g/mol. The molecule has 23 heavy (non-hydrogen) atoms. The number of aliphatic hydroxyl groups excluding tert-OH is 1. The number of carbonyl (C=O) groups is 1. The molecule has 0 aliphatic carbocycles. The predicted octanol–water partition coefficient (Wildman–Crippen LogP) is 2.94. The Kier molecular flexibility index (Phi) is 4.54. The summed E-state index contributed by atoms with van der Waals surface area (Å²) in [6, 6.07) is 20.5. The van der Waals surface area contributed by atoms with Crippen molar-refractivity contribution in [1.82, 2.24) is 9.88 Å². The Balaban J connectivity index is 1.60. The summed E-state index contributed by atoms with van der Waals surface area (Å²) in [7, 11) is 0. The smallest absolute Gasteiger partial charge is 0.251 e. The van der Waals surface area contributed by atoms with Crippen LogP contribution in [0, 0.1) is 0 Å². The average molecular weight is 306 g/mol. The molecule has 3 rings (SSSR count). The molecule has 0 bridgehead atoms. The number of carbonyl (C=O) groups excluding carboxylic acids is 1. The van der Waals surface area contributed by atoms with Gasteiger partial charge in [-0.05, 0) is 42.0 Å². The number of aromatic nitrogens is 1. The highest BCUT2D eigenvalue weighted by molar-refractivity contribution is 5.94. The molecular formula is C19H18N2O2. The van der Waals surface area contributed by atoms with Crippen LogP contribution in [0.2, 0.25) is 0 Å². The van der Waals surface area contributed by atoms with Crippen molar-refractivity contribution in [2.75, 3.05) is 6.54 Å². The lowest BCUT2D eigenvalue weighted by Gasteiger charge is -2.12. The zero-order chi connectivity index (χ0) is 16.1. The first-order valence-electron chi connectivity index (χ1n) is 7.48. The van der Waals surface area contributed by atoms with Crippen LogP contribution in [0.25, 0.3) is 5.69 Å². The molecule has 0 saturated carbocycles. The fourth-order valence-corrected chi connectivity index (χ4v) is 2.38. The second-order valence-corrected chi connectivity index (χ2v) is 5.27. The molecule has 1 aromatic heterocycles. The first kappa shape index (κ1) is 15.1. The third-order valence-electron chi connectivity index (χ3n) is 3.67. The quantitative estimate of drug-likeness (QED) is 0.761. The van der Waals surface area contributed by atoms with E-state index in [1.54, 1.807) is 12.1 Å². The van der Waals surface area contributed by atoms with E-state index >= 15 is 0 Å². The Labute approximate surface area is 135 Å².